The van der Waals surface area contributed by atoms with Gasteiger partial charge in [-0.05, 0) is 26.2 Å². The van der Waals surface area contributed by atoms with Crippen molar-refractivity contribution >= 4 is 0 Å². The molecule has 1 rings (SSSR count). The van der Waals surface area contributed by atoms with E-state index in [9.17, 15) is 15.3 Å². The van der Waals surface area contributed by atoms with Crippen molar-refractivity contribution in [1.29, 1.82) is 0 Å². The van der Waals surface area contributed by atoms with Crippen LogP contribution >= 0.6 is 0 Å². The standard InChI is InChI=1S/C21H40O5/c1-2-3-4-5-6-7-8-9-10-11-12-13-14-15-25-16-19(23)21-20(24)18(22)17-26-21/h2-3,18-24H,4-17H2,1H3/b3-2+/t18-,19+,20-,21-/m0/s1. The van der Waals surface area contributed by atoms with Crippen LogP contribution in [0, 0.1) is 0 Å². The molecule has 3 N–H and O–H groups in total. The molecule has 0 amide bonds. The van der Waals surface area contributed by atoms with Crippen molar-refractivity contribution in [1.82, 2.24) is 0 Å². The highest BCUT2D eigenvalue weighted by Crippen LogP contribution is 2.18. The molecule has 0 aliphatic carbocycles. The summed E-state index contributed by atoms with van der Waals surface area (Å²) in [4.78, 5) is 0. The summed E-state index contributed by atoms with van der Waals surface area (Å²) < 4.78 is 10.6. The Kier molecular flexibility index (Phi) is 14.1. The van der Waals surface area contributed by atoms with E-state index in [0.29, 0.717) is 6.61 Å². The van der Waals surface area contributed by atoms with Crippen molar-refractivity contribution in [2.75, 3.05) is 19.8 Å². The molecule has 0 spiro atoms. The zero-order chi connectivity index (χ0) is 19.0. The van der Waals surface area contributed by atoms with E-state index in [2.05, 4.69) is 19.1 Å². The molecule has 0 bridgehead atoms. The molecule has 0 unspecified atom stereocenters. The molecule has 0 aromatic carbocycles. The molecule has 1 aliphatic rings. The Morgan fingerprint density at radius 1 is 0.962 bits per heavy atom. The summed E-state index contributed by atoms with van der Waals surface area (Å²) in [6.07, 6.45) is 14.8. The Morgan fingerprint density at radius 3 is 2.08 bits per heavy atom. The minimum atomic E-state index is -1.03. The third-order valence-corrected chi connectivity index (χ3v) is 5.00. The minimum Gasteiger partial charge on any atom is -0.388 e. The van der Waals surface area contributed by atoms with Crippen LogP contribution in [0.15, 0.2) is 12.2 Å². The van der Waals surface area contributed by atoms with Gasteiger partial charge < -0.3 is 24.8 Å². The summed E-state index contributed by atoms with van der Waals surface area (Å²) in [5.74, 6) is 0. The third-order valence-electron chi connectivity index (χ3n) is 5.00. The van der Waals surface area contributed by atoms with Gasteiger partial charge in [-0.2, -0.15) is 0 Å². The molecule has 1 fully saturated rings. The molecule has 1 saturated heterocycles. The lowest BCUT2D eigenvalue weighted by Crippen LogP contribution is -2.40. The van der Waals surface area contributed by atoms with E-state index >= 15 is 0 Å². The number of rotatable bonds is 16. The van der Waals surface area contributed by atoms with Crippen molar-refractivity contribution in [2.45, 2.75) is 102 Å². The SMILES string of the molecule is C/C=C/CCCCCCCCCCCCOC[C@@H](O)[C@@H]1OC[C@H](O)[C@@H]1O. The smallest absolute Gasteiger partial charge is 0.114 e. The quantitative estimate of drug-likeness (QED) is 0.286. The van der Waals surface area contributed by atoms with Crippen LogP contribution in [0.2, 0.25) is 0 Å². The van der Waals surface area contributed by atoms with E-state index in [4.69, 9.17) is 9.47 Å². The highest BCUT2D eigenvalue weighted by molar-refractivity contribution is 4.87. The number of hydrogen-bond acceptors (Lipinski definition) is 5. The van der Waals surface area contributed by atoms with Crippen LogP contribution in [0.5, 0.6) is 0 Å². The average Bonchev–Trinajstić information content (AvgIpc) is 2.97. The van der Waals surface area contributed by atoms with Crippen molar-refractivity contribution in [3.8, 4) is 0 Å². The summed E-state index contributed by atoms with van der Waals surface area (Å²) >= 11 is 0. The average molecular weight is 373 g/mol. The fraction of sp³-hybridized carbons (Fsp3) is 0.905. The maximum absolute atomic E-state index is 9.92. The van der Waals surface area contributed by atoms with E-state index < -0.39 is 24.4 Å². The molecular weight excluding hydrogens is 332 g/mol. The zero-order valence-corrected chi connectivity index (χ0v) is 16.5. The maximum atomic E-state index is 9.92. The van der Waals surface area contributed by atoms with E-state index in [1.807, 2.05) is 0 Å². The molecule has 5 heteroatoms. The van der Waals surface area contributed by atoms with Crippen LogP contribution in [0.3, 0.4) is 0 Å². The van der Waals surface area contributed by atoms with Gasteiger partial charge in [0, 0.05) is 6.61 Å². The molecule has 0 radical (unpaired) electrons. The summed E-state index contributed by atoms with van der Waals surface area (Å²) in [5.41, 5.74) is 0. The molecule has 26 heavy (non-hydrogen) atoms. The first-order valence-electron chi connectivity index (χ1n) is 10.5. The van der Waals surface area contributed by atoms with Crippen molar-refractivity contribution in [3.05, 3.63) is 12.2 Å². The molecular formula is C21H40O5. The summed E-state index contributed by atoms with van der Waals surface area (Å²) in [6, 6.07) is 0. The third kappa shape index (κ3) is 10.6. The summed E-state index contributed by atoms with van der Waals surface area (Å²) in [7, 11) is 0. The molecule has 1 aliphatic heterocycles. The number of unbranched alkanes of at least 4 members (excludes halogenated alkanes) is 10. The van der Waals surface area contributed by atoms with Crippen LogP contribution < -0.4 is 0 Å². The highest BCUT2D eigenvalue weighted by Gasteiger charge is 2.39. The molecule has 154 valence electrons. The van der Waals surface area contributed by atoms with Crippen molar-refractivity contribution < 1.29 is 24.8 Å². The van der Waals surface area contributed by atoms with Crippen LogP contribution in [-0.4, -0.2) is 59.6 Å². The number of allylic oxidation sites excluding steroid dienone is 2. The second kappa shape index (κ2) is 15.6. The maximum Gasteiger partial charge on any atom is 0.114 e. The lowest BCUT2D eigenvalue weighted by molar-refractivity contribution is -0.0813. The summed E-state index contributed by atoms with van der Waals surface area (Å²) in [6.45, 7) is 2.91. The first-order chi connectivity index (χ1) is 12.7. The monoisotopic (exact) mass is 372 g/mol. The lowest BCUT2D eigenvalue weighted by Gasteiger charge is -2.20. The Labute approximate surface area is 159 Å². The van der Waals surface area contributed by atoms with E-state index in [1.165, 1.54) is 57.8 Å². The fourth-order valence-electron chi connectivity index (χ4n) is 3.31. The van der Waals surface area contributed by atoms with Gasteiger partial charge >= 0.3 is 0 Å². The van der Waals surface area contributed by atoms with Crippen molar-refractivity contribution in [2.24, 2.45) is 0 Å². The Morgan fingerprint density at radius 2 is 1.54 bits per heavy atom. The van der Waals surface area contributed by atoms with Crippen molar-refractivity contribution in [3.63, 3.8) is 0 Å². The second-order valence-corrected chi connectivity index (χ2v) is 7.39. The minimum absolute atomic E-state index is 0.0685. The van der Waals surface area contributed by atoms with Gasteiger partial charge in [0.2, 0.25) is 0 Å². The van der Waals surface area contributed by atoms with Crippen LogP contribution in [0.4, 0.5) is 0 Å². The van der Waals surface area contributed by atoms with Gasteiger partial charge in [-0.25, -0.2) is 0 Å². The van der Waals surface area contributed by atoms with Gasteiger partial charge in [-0.1, -0.05) is 63.5 Å². The van der Waals surface area contributed by atoms with E-state index in [0.717, 1.165) is 12.8 Å². The van der Waals surface area contributed by atoms with E-state index in [1.54, 1.807) is 0 Å². The number of ether oxygens (including phenoxy) is 2. The Hall–Kier alpha value is -0.460. The van der Waals surface area contributed by atoms with Crippen LogP contribution in [0.25, 0.3) is 0 Å². The van der Waals surface area contributed by atoms with Gasteiger partial charge in [-0.3, -0.25) is 0 Å². The normalized spacial score (nSPS) is 24.5. The van der Waals surface area contributed by atoms with Crippen LogP contribution in [0.1, 0.15) is 77.6 Å². The molecule has 5 nitrogen and oxygen atoms in total. The predicted molar refractivity (Wildman–Crippen MR) is 104 cm³/mol. The van der Waals surface area contributed by atoms with Gasteiger partial charge in [0.15, 0.2) is 0 Å². The molecule has 4 atom stereocenters. The molecule has 0 aromatic rings. The summed E-state index contributed by atoms with van der Waals surface area (Å²) in [5, 5.41) is 29.0. The van der Waals surface area contributed by atoms with Gasteiger partial charge in [-0.15, -0.1) is 0 Å². The molecule has 1 heterocycles. The Balaban J connectivity index is 1.80. The van der Waals surface area contributed by atoms with Gasteiger partial charge in [0.25, 0.3) is 0 Å². The molecule has 0 saturated carbocycles. The van der Waals surface area contributed by atoms with Crippen LogP contribution in [-0.2, 0) is 9.47 Å². The largest absolute Gasteiger partial charge is 0.388 e. The van der Waals surface area contributed by atoms with Gasteiger partial charge in [0.1, 0.15) is 24.4 Å². The topological polar surface area (TPSA) is 79.2 Å². The second-order valence-electron chi connectivity index (χ2n) is 7.39. The lowest BCUT2D eigenvalue weighted by atomic mass is 10.1. The fourth-order valence-corrected chi connectivity index (χ4v) is 3.31. The van der Waals surface area contributed by atoms with E-state index in [-0.39, 0.29) is 13.2 Å². The number of aliphatic hydroxyl groups is 3. The molecule has 0 aromatic heterocycles. The first kappa shape index (κ1) is 23.6. The van der Waals surface area contributed by atoms with Gasteiger partial charge in [0.05, 0.1) is 13.2 Å². The number of aliphatic hydroxyl groups excluding tert-OH is 3. The predicted octanol–water partition coefficient (Wildman–Crippen LogP) is 3.35. The number of hydrogen-bond donors (Lipinski definition) is 3. The first-order valence-corrected chi connectivity index (χ1v) is 10.5. The Bertz CT molecular complexity index is 347. The highest BCUT2D eigenvalue weighted by atomic mass is 16.5. The zero-order valence-electron chi connectivity index (χ0n) is 16.5.